The molecule has 1 heteroatoms. The lowest BCUT2D eigenvalue weighted by Crippen LogP contribution is -2.09. The van der Waals surface area contributed by atoms with E-state index < -0.39 is 0 Å². The zero-order valence-electron chi connectivity index (χ0n) is 6.09. The molecule has 0 radical (unpaired) electrons. The van der Waals surface area contributed by atoms with Crippen LogP contribution in [0.5, 0.6) is 0 Å². The smallest absolute Gasteiger partial charge is 0.0221 e. The molecule has 0 aromatic heterocycles. The van der Waals surface area contributed by atoms with Crippen molar-refractivity contribution in [3.63, 3.8) is 0 Å². The van der Waals surface area contributed by atoms with Gasteiger partial charge in [-0.25, -0.2) is 0 Å². The molecule has 1 aliphatic rings. The van der Waals surface area contributed by atoms with Crippen LogP contribution in [0.4, 0.5) is 0 Å². The average molecular weight is 142 g/mol. The van der Waals surface area contributed by atoms with Crippen LogP contribution in [0.2, 0.25) is 0 Å². The van der Waals surface area contributed by atoms with Crippen molar-refractivity contribution < 1.29 is 0 Å². The van der Waals surface area contributed by atoms with Gasteiger partial charge >= 0.3 is 0 Å². The average Bonchev–Trinajstić information content (AvgIpc) is 1.80. The molecule has 52 valence electrons. The van der Waals surface area contributed by atoms with Gasteiger partial charge in [0.2, 0.25) is 0 Å². The summed E-state index contributed by atoms with van der Waals surface area (Å²) in [7, 11) is 0. The topological polar surface area (TPSA) is 0 Å². The van der Waals surface area contributed by atoms with Crippen molar-refractivity contribution in [2.75, 3.05) is 0 Å². The maximum atomic E-state index is 4.32. The van der Waals surface area contributed by atoms with Gasteiger partial charge in [-0.15, -0.1) is 12.6 Å². The summed E-state index contributed by atoms with van der Waals surface area (Å²) < 4.78 is 0. The predicted molar refractivity (Wildman–Crippen MR) is 44.6 cm³/mol. The lowest BCUT2D eigenvalue weighted by Gasteiger charge is -2.22. The molecule has 0 aromatic carbocycles. The summed E-state index contributed by atoms with van der Waals surface area (Å²) in [6.45, 7) is 4.57. The van der Waals surface area contributed by atoms with Gasteiger partial charge in [0.25, 0.3) is 0 Å². The van der Waals surface area contributed by atoms with Crippen LogP contribution in [0.15, 0.2) is 11.0 Å². The van der Waals surface area contributed by atoms with Gasteiger partial charge in [0.1, 0.15) is 0 Å². The molecule has 0 heterocycles. The van der Waals surface area contributed by atoms with E-state index in [-0.39, 0.29) is 0 Å². The highest BCUT2D eigenvalue weighted by molar-refractivity contribution is 7.84. The van der Waals surface area contributed by atoms with E-state index in [4.69, 9.17) is 0 Å². The molecule has 0 fully saturated rings. The lowest BCUT2D eigenvalue weighted by molar-refractivity contribution is 0.411. The minimum atomic E-state index is 0.742. The highest BCUT2D eigenvalue weighted by Crippen LogP contribution is 2.29. The third-order valence-electron chi connectivity index (χ3n) is 2.21. The quantitative estimate of drug-likeness (QED) is 0.494. The van der Waals surface area contributed by atoms with Crippen LogP contribution in [0.25, 0.3) is 0 Å². The first-order chi connectivity index (χ1) is 4.20. The Balaban J connectivity index is 2.58. The summed E-state index contributed by atoms with van der Waals surface area (Å²) in [5.74, 6) is 1.60. The molecule has 0 spiro atoms. The predicted octanol–water partition coefficient (Wildman–Crippen LogP) is 2.87. The van der Waals surface area contributed by atoms with E-state index >= 15 is 0 Å². The number of thiol groups is 1. The summed E-state index contributed by atoms with van der Waals surface area (Å²) in [6, 6.07) is 0. The van der Waals surface area contributed by atoms with Crippen molar-refractivity contribution >= 4 is 12.6 Å². The van der Waals surface area contributed by atoms with Crippen molar-refractivity contribution in [3.8, 4) is 0 Å². The summed E-state index contributed by atoms with van der Waals surface area (Å²) in [5.41, 5.74) is 0. The van der Waals surface area contributed by atoms with Gasteiger partial charge in [-0.05, 0) is 29.6 Å². The molecule has 0 nitrogen and oxygen atoms in total. The van der Waals surface area contributed by atoms with E-state index in [1.54, 1.807) is 0 Å². The minimum Gasteiger partial charge on any atom is -0.148 e. The Morgan fingerprint density at radius 3 is 2.67 bits per heavy atom. The van der Waals surface area contributed by atoms with Crippen LogP contribution in [0.3, 0.4) is 0 Å². The molecule has 2 atom stereocenters. The molecule has 0 aliphatic heterocycles. The van der Waals surface area contributed by atoms with Crippen LogP contribution in [0, 0.1) is 11.8 Å². The van der Waals surface area contributed by atoms with Gasteiger partial charge in [-0.3, -0.25) is 0 Å². The highest BCUT2D eigenvalue weighted by Gasteiger charge is 2.14. The molecule has 2 unspecified atom stereocenters. The minimum absolute atomic E-state index is 0.742. The maximum absolute atomic E-state index is 4.32. The zero-order valence-corrected chi connectivity index (χ0v) is 6.99. The van der Waals surface area contributed by atoms with Crippen molar-refractivity contribution in [2.24, 2.45) is 11.8 Å². The van der Waals surface area contributed by atoms with Crippen molar-refractivity contribution in [2.45, 2.75) is 26.7 Å². The highest BCUT2D eigenvalue weighted by atomic mass is 32.1. The molecular formula is C8H14S. The van der Waals surface area contributed by atoms with Gasteiger partial charge in [-0.2, -0.15) is 0 Å². The Kier molecular flexibility index (Phi) is 2.23. The van der Waals surface area contributed by atoms with E-state index in [1.807, 2.05) is 0 Å². The van der Waals surface area contributed by atoms with Crippen LogP contribution in [-0.2, 0) is 0 Å². The van der Waals surface area contributed by atoms with Crippen molar-refractivity contribution in [3.05, 3.63) is 11.0 Å². The third-order valence-corrected chi connectivity index (χ3v) is 2.58. The fourth-order valence-corrected chi connectivity index (χ4v) is 1.55. The number of rotatable bonds is 0. The fourth-order valence-electron chi connectivity index (χ4n) is 1.19. The summed E-state index contributed by atoms with van der Waals surface area (Å²) in [5, 5.41) is 0. The van der Waals surface area contributed by atoms with E-state index in [2.05, 4.69) is 32.6 Å². The summed E-state index contributed by atoms with van der Waals surface area (Å²) in [6.07, 6.45) is 4.78. The first-order valence-corrected chi connectivity index (χ1v) is 4.04. The Morgan fingerprint density at radius 1 is 1.56 bits per heavy atom. The number of hydrogen-bond donors (Lipinski definition) is 1. The standard InChI is InChI=1S/C8H14S/c1-6-3-4-8(9)5-7(6)2/h5-7,9H,3-4H2,1-2H3. The first kappa shape index (κ1) is 7.20. The molecule has 0 bridgehead atoms. The molecule has 1 aliphatic carbocycles. The Labute approximate surface area is 62.8 Å². The van der Waals surface area contributed by atoms with E-state index in [1.165, 1.54) is 17.7 Å². The number of hydrogen-bond acceptors (Lipinski definition) is 1. The molecule has 0 N–H and O–H groups in total. The molecule has 1 rings (SSSR count). The largest absolute Gasteiger partial charge is 0.148 e. The summed E-state index contributed by atoms with van der Waals surface area (Å²) in [4.78, 5) is 1.28. The van der Waals surface area contributed by atoms with Gasteiger partial charge in [0.15, 0.2) is 0 Å². The molecular weight excluding hydrogens is 128 g/mol. The second-order valence-corrected chi connectivity index (χ2v) is 3.61. The van der Waals surface area contributed by atoms with Gasteiger partial charge in [-0.1, -0.05) is 19.9 Å². The normalized spacial score (nSPS) is 36.1. The van der Waals surface area contributed by atoms with Crippen molar-refractivity contribution in [1.82, 2.24) is 0 Å². The van der Waals surface area contributed by atoms with Crippen LogP contribution in [0.1, 0.15) is 26.7 Å². The van der Waals surface area contributed by atoms with Gasteiger partial charge < -0.3 is 0 Å². The fraction of sp³-hybridized carbons (Fsp3) is 0.750. The zero-order chi connectivity index (χ0) is 6.85. The SMILES string of the molecule is CC1C=C(S)CCC1C. The third kappa shape index (κ3) is 1.75. The molecule has 0 aromatic rings. The second kappa shape index (κ2) is 2.78. The van der Waals surface area contributed by atoms with E-state index in [9.17, 15) is 0 Å². The Hall–Kier alpha value is 0.0900. The lowest BCUT2D eigenvalue weighted by atomic mass is 9.87. The van der Waals surface area contributed by atoms with E-state index in [0.29, 0.717) is 0 Å². The monoisotopic (exact) mass is 142 g/mol. The second-order valence-electron chi connectivity index (χ2n) is 3.03. The van der Waals surface area contributed by atoms with Crippen LogP contribution in [-0.4, -0.2) is 0 Å². The molecule has 0 saturated heterocycles. The van der Waals surface area contributed by atoms with Gasteiger partial charge in [0, 0.05) is 0 Å². The van der Waals surface area contributed by atoms with Gasteiger partial charge in [0.05, 0.1) is 0 Å². The van der Waals surface area contributed by atoms with E-state index in [0.717, 1.165) is 11.8 Å². The van der Waals surface area contributed by atoms with Crippen molar-refractivity contribution in [1.29, 1.82) is 0 Å². The molecule has 0 amide bonds. The van der Waals surface area contributed by atoms with Crippen LogP contribution >= 0.6 is 12.6 Å². The Morgan fingerprint density at radius 2 is 2.22 bits per heavy atom. The Bertz CT molecular complexity index is 127. The molecule has 9 heavy (non-hydrogen) atoms. The first-order valence-electron chi connectivity index (χ1n) is 3.60. The number of allylic oxidation sites excluding steroid dienone is 2. The molecule has 0 saturated carbocycles. The maximum Gasteiger partial charge on any atom is -0.0221 e. The summed E-state index contributed by atoms with van der Waals surface area (Å²) >= 11 is 4.32. The van der Waals surface area contributed by atoms with Crippen LogP contribution < -0.4 is 0 Å².